The van der Waals surface area contributed by atoms with Crippen molar-refractivity contribution in [3.63, 3.8) is 0 Å². The van der Waals surface area contributed by atoms with Crippen LogP contribution in [0.5, 0.6) is 0 Å². The molecule has 0 radical (unpaired) electrons. The number of hydrogen-bond donors (Lipinski definition) is 2. The minimum absolute atomic E-state index is 0.141. The number of anilines is 1. The van der Waals surface area contributed by atoms with Crippen LogP contribution in [0, 0.1) is 0 Å². The number of nitrogens with two attached hydrogens (primary N) is 1. The highest BCUT2D eigenvalue weighted by molar-refractivity contribution is 7.91. The van der Waals surface area contributed by atoms with E-state index in [0.29, 0.717) is 17.0 Å². The predicted octanol–water partition coefficient (Wildman–Crippen LogP) is 0.692. The maximum atomic E-state index is 11.8. The lowest BCUT2D eigenvalue weighted by Gasteiger charge is -2.18. The number of carbonyl (C=O) groups excluding carboxylic acids is 1. The van der Waals surface area contributed by atoms with Crippen LogP contribution in [-0.2, 0) is 21.1 Å². The molecule has 98 valence electrons. The van der Waals surface area contributed by atoms with Crippen LogP contribution in [-0.4, -0.2) is 25.6 Å². The van der Waals surface area contributed by atoms with Crippen LogP contribution >= 0.6 is 0 Å². The van der Waals surface area contributed by atoms with E-state index in [2.05, 4.69) is 5.32 Å². The van der Waals surface area contributed by atoms with Crippen LogP contribution in [0.1, 0.15) is 19.4 Å². The summed E-state index contributed by atoms with van der Waals surface area (Å²) in [5.41, 5.74) is 5.93. The largest absolute Gasteiger partial charge is 0.324 e. The van der Waals surface area contributed by atoms with Crippen molar-refractivity contribution in [2.24, 2.45) is 5.73 Å². The van der Waals surface area contributed by atoms with Crippen molar-refractivity contribution in [1.29, 1.82) is 0 Å². The fourth-order valence-electron chi connectivity index (χ4n) is 1.77. The average Bonchev–Trinajstić information content (AvgIpc) is 2.54. The zero-order chi connectivity index (χ0) is 13.6. The third-order valence-electron chi connectivity index (χ3n) is 2.89. The number of amides is 1. The molecule has 0 saturated carbocycles. The quantitative estimate of drug-likeness (QED) is 0.826. The van der Waals surface area contributed by atoms with Crippen molar-refractivity contribution in [2.45, 2.75) is 30.7 Å². The van der Waals surface area contributed by atoms with Gasteiger partial charge in [0.1, 0.15) is 0 Å². The molecule has 5 nitrogen and oxygen atoms in total. The van der Waals surface area contributed by atoms with Gasteiger partial charge in [-0.2, -0.15) is 0 Å². The summed E-state index contributed by atoms with van der Waals surface area (Å²) < 4.78 is 23.5. The Hall–Kier alpha value is -1.40. The summed E-state index contributed by atoms with van der Waals surface area (Å²) in [5.74, 6) is -0.208. The number of carbonyl (C=O) groups is 1. The van der Waals surface area contributed by atoms with E-state index in [-0.39, 0.29) is 11.7 Å². The van der Waals surface area contributed by atoms with Crippen LogP contribution in [0.4, 0.5) is 5.69 Å². The van der Waals surface area contributed by atoms with E-state index in [1.54, 1.807) is 26.0 Å². The lowest BCUT2D eigenvalue weighted by molar-refractivity contribution is -0.120. The normalized spacial score (nSPS) is 17.3. The van der Waals surface area contributed by atoms with Gasteiger partial charge in [-0.15, -0.1) is 0 Å². The SMILES string of the molecule is CC(C)(N)C(=O)Nc1ccc2c(c1)S(=O)(=O)CC2. The smallest absolute Gasteiger partial charge is 0.243 e. The summed E-state index contributed by atoms with van der Waals surface area (Å²) in [6.07, 6.45) is 0.536. The summed E-state index contributed by atoms with van der Waals surface area (Å²) in [6.45, 7) is 3.18. The van der Waals surface area contributed by atoms with Gasteiger partial charge in [-0.05, 0) is 38.0 Å². The Balaban J connectivity index is 2.31. The Labute approximate surface area is 106 Å². The van der Waals surface area contributed by atoms with Crippen molar-refractivity contribution < 1.29 is 13.2 Å². The van der Waals surface area contributed by atoms with Gasteiger partial charge in [-0.25, -0.2) is 8.42 Å². The molecule has 1 aliphatic heterocycles. The molecule has 0 aliphatic carbocycles. The molecule has 2 rings (SSSR count). The van der Waals surface area contributed by atoms with E-state index in [1.807, 2.05) is 0 Å². The molecule has 0 atom stereocenters. The minimum atomic E-state index is -3.18. The summed E-state index contributed by atoms with van der Waals surface area (Å²) in [4.78, 5) is 12.0. The molecule has 0 aromatic heterocycles. The summed E-state index contributed by atoms with van der Waals surface area (Å²) in [5, 5.41) is 2.62. The average molecular weight is 268 g/mol. The molecule has 0 saturated heterocycles. The van der Waals surface area contributed by atoms with E-state index in [0.717, 1.165) is 5.56 Å². The molecule has 1 aliphatic rings. The van der Waals surface area contributed by atoms with E-state index in [9.17, 15) is 13.2 Å². The molecule has 6 heteroatoms. The Kier molecular flexibility index (Phi) is 2.95. The first-order valence-corrected chi connectivity index (χ1v) is 7.31. The van der Waals surface area contributed by atoms with Crippen molar-refractivity contribution in [2.75, 3.05) is 11.1 Å². The number of sulfone groups is 1. The van der Waals surface area contributed by atoms with Gasteiger partial charge in [0.05, 0.1) is 16.2 Å². The third-order valence-corrected chi connectivity index (χ3v) is 4.68. The number of hydrogen-bond acceptors (Lipinski definition) is 4. The number of nitrogens with one attached hydrogen (secondary N) is 1. The molecule has 0 fully saturated rings. The van der Waals surface area contributed by atoms with Crippen molar-refractivity contribution in [1.82, 2.24) is 0 Å². The van der Waals surface area contributed by atoms with Gasteiger partial charge in [-0.1, -0.05) is 6.07 Å². The second kappa shape index (κ2) is 4.07. The second-order valence-electron chi connectivity index (χ2n) is 5.07. The Morgan fingerprint density at radius 1 is 1.39 bits per heavy atom. The van der Waals surface area contributed by atoms with E-state index in [4.69, 9.17) is 5.73 Å². The summed E-state index contributed by atoms with van der Waals surface area (Å²) in [6, 6.07) is 4.93. The maximum Gasteiger partial charge on any atom is 0.243 e. The molecule has 1 aromatic carbocycles. The molecule has 0 bridgehead atoms. The van der Waals surface area contributed by atoms with E-state index in [1.165, 1.54) is 6.07 Å². The monoisotopic (exact) mass is 268 g/mol. The van der Waals surface area contributed by atoms with Crippen molar-refractivity contribution in [3.05, 3.63) is 23.8 Å². The minimum Gasteiger partial charge on any atom is -0.324 e. The number of benzene rings is 1. The second-order valence-corrected chi connectivity index (χ2v) is 7.14. The molecule has 0 spiro atoms. The van der Waals surface area contributed by atoms with Crippen LogP contribution in [0.15, 0.2) is 23.1 Å². The fraction of sp³-hybridized carbons (Fsp3) is 0.417. The summed E-state index contributed by atoms with van der Waals surface area (Å²) in [7, 11) is -3.18. The van der Waals surface area contributed by atoms with Gasteiger partial charge >= 0.3 is 0 Å². The highest BCUT2D eigenvalue weighted by Crippen LogP contribution is 2.28. The van der Waals surface area contributed by atoms with Gasteiger partial charge in [0.25, 0.3) is 0 Å². The van der Waals surface area contributed by atoms with Crippen molar-refractivity contribution >= 4 is 21.4 Å². The van der Waals surface area contributed by atoms with Gasteiger partial charge < -0.3 is 11.1 Å². The number of fused-ring (bicyclic) bond motifs is 1. The first kappa shape index (κ1) is 13.0. The third kappa shape index (κ3) is 2.39. The Morgan fingerprint density at radius 3 is 2.67 bits per heavy atom. The molecular weight excluding hydrogens is 252 g/mol. The molecule has 3 N–H and O–H groups in total. The standard InChI is InChI=1S/C12H16N2O3S/c1-12(2,13)11(15)14-9-4-3-8-5-6-18(16,17)10(8)7-9/h3-4,7H,5-6,13H2,1-2H3,(H,14,15). The zero-order valence-electron chi connectivity index (χ0n) is 10.4. The lowest BCUT2D eigenvalue weighted by atomic mass is 10.1. The topological polar surface area (TPSA) is 89.3 Å². The van der Waals surface area contributed by atoms with E-state index < -0.39 is 15.4 Å². The van der Waals surface area contributed by atoms with Gasteiger partial charge in [-0.3, -0.25) is 4.79 Å². The fourth-order valence-corrected chi connectivity index (χ4v) is 3.36. The molecular formula is C12H16N2O3S. The lowest BCUT2D eigenvalue weighted by Crippen LogP contribution is -2.45. The molecule has 1 heterocycles. The number of rotatable bonds is 2. The van der Waals surface area contributed by atoms with Crippen LogP contribution in [0.3, 0.4) is 0 Å². The molecule has 0 unspecified atom stereocenters. The van der Waals surface area contributed by atoms with Crippen molar-refractivity contribution in [3.8, 4) is 0 Å². The Bertz CT molecular complexity index is 600. The Morgan fingerprint density at radius 2 is 2.06 bits per heavy atom. The first-order valence-electron chi connectivity index (χ1n) is 5.66. The van der Waals surface area contributed by atoms with Crippen LogP contribution in [0.2, 0.25) is 0 Å². The van der Waals surface area contributed by atoms with Crippen LogP contribution < -0.4 is 11.1 Å². The summed E-state index contributed by atoms with van der Waals surface area (Å²) >= 11 is 0. The van der Waals surface area contributed by atoms with E-state index >= 15 is 0 Å². The van der Waals surface area contributed by atoms with Crippen LogP contribution in [0.25, 0.3) is 0 Å². The molecule has 18 heavy (non-hydrogen) atoms. The van der Waals surface area contributed by atoms with Gasteiger partial charge in [0.2, 0.25) is 5.91 Å². The predicted molar refractivity (Wildman–Crippen MR) is 69.1 cm³/mol. The zero-order valence-corrected chi connectivity index (χ0v) is 11.2. The highest BCUT2D eigenvalue weighted by Gasteiger charge is 2.27. The molecule has 1 aromatic rings. The number of aryl methyl sites for hydroxylation is 1. The van der Waals surface area contributed by atoms with Gasteiger partial charge in [0.15, 0.2) is 9.84 Å². The maximum absolute atomic E-state index is 11.8. The first-order chi connectivity index (χ1) is 8.20. The highest BCUT2D eigenvalue weighted by atomic mass is 32.2. The van der Waals surface area contributed by atoms with Gasteiger partial charge in [0, 0.05) is 5.69 Å². The molecule has 1 amide bonds.